The number of piperidine rings is 1. The normalized spacial score (nSPS) is 20.4. The summed E-state index contributed by atoms with van der Waals surface area (Å²) in [5.41, 5.74) is 0.884. The lowest BCUT2D eigenvalue weighted by Gasteiger charge is -2.44. The Bertz CT molecular complexity index is 800. The smallest absolute Gasteiger partial charge is 0.250 e. The SMILES string of the molecule is CC(NS(C)(=O)=O)C(=O)N1CCC2(CC1)Nc1ccccc1NC2=O. The number of benzene rings is 1. The van der Waals surface area contributed by atoms with Crippen LogP contribution in [0.15, 0.2) is 24.3 Å². The highest BCUT2D eigenvalue weighted by Gasteiger charge is 2.45. The third kappa shape index (κ3) is 3.62. The first-order valence-corrected chi connectivity index (χ1v) is 10.0. The Morgan fingerprint density at radius 2 is 1.84 bits per heavy atom. The van der Waals surface area contributed by atoms with Gasteiger partial charge in [-0.05, 0) is 31.9 Å². The molecule has 0 aromatic heterocycles. The number of amides is 2. The van der Waals surface area contributed by atoms with Crippen LogP contribution in [0, 0.1) is 0 Å². The molecule has 1 unspecified atom stereocenters. The molecule has 25 heavy (non-hydrogen) atoms. The van der Waals surface area contributed by atoms with E-state index in [4.69, 9.17) is 0 Å². The second kappa shape index (κ2) is 6.30. The topological polar surface area (TPSA) is 108 Å². The molecule has 9 heteroatoms. The molecule has 1 fully saturated rings. The zero-order chi connectivity index (χ0) is 18.2. The minimum Gasteiger partial charge on any atom is -0.369 e. The molecule has 1 spiro atoms. The van der Waals surface area contributed by atoms with Gasteiger partial charge in [0.25, 0.3) is 0 Å². The van der Waals surface area contributed by atoms with Gasteiger partial charge in [0.15, 0.2) is 0 Å². The van der Waals surface area contributed by atoms with Crippen molar-refractivity contribution in [1.82, 2.24) is 9.62 Å². The number of para-hydroxylation sites is 2. The van der Waals surface area contributed by atoms with Crippen LogP contribution in [0.4, 0.5) is 11.4 Å². The fourth-order valence-electron chi connectivity index (χ4n) is 3.36. The van der Waals surface area contributed by atoms with Gasteiger partial charge in [0.2, 0.25) is 21.8 Å². The van der Waals surface area contributed by atoms with Gasteiger partial charge >= 0.3 is 0 Å². The highest BCUT2D eigenvalue weighted by Crippen LogP contribution is 2.36. The number of anilines is 2. The van der Waals surface area contributed by atoms with E-state index in [2.05, 4.69) is 15.4 Å². The van der Waals surface area contributed by atoms with Crippen LogP contribution in [-0.2, 0) is 19.6 Å². The predicted octanol–water partition coefficient (Wildman–Crippen LogP) is 0.350. The number of rotatable bonds is 3. The van der Waals surface area contributed by atoms with E-state index in [-0.39, 0.29) is 11.8 Å². The third-order valence-corrected chi connectivity index (χ3v) is 5.46. The molecule has 2 aliphatic rings. The Balaban J connectivity index is 1.67. The average Bonchev–Trinajstić information content (AvgIpc) is 2.54. The molecule has 3 N–H and O–H groups in total. The summed E-state index contributed by atoms with van der Waals surface area (Å²) in [6.07, 6.45) is 1.95. The number of hydrogen-bond acceptors (Lipinski definition) is 5. The van der Waals surface area contributed by atoms with Gasteiger partial charge in [-0.3, -0.25) is 9.59 Å². The molecule has 8 nitrogen and oxygen atoms in total. The monoisotopic (exact) mass is 366 g/mol. The summed E-state index contributed by atoms with van der Waals surface area (Å²) < 4.78 is 24.9. The van der Waals surface area contributed by atoms with Crippen molar-refractivity contribution in [1.29, 1.82) is 0 Å². The Hall–Kier alpha value is -2.13. The maximum atomic E-state index is 12.6. The van der Waals surface area contributed by atoms with Gasteiger partial charge in [0.1, 0.15) is 5.54 Å². The first-order chi connectivity index (χ1) is 11.7. The number of hydrogen-bond donors (Lipinski definition) is 3. The molecule has 1 saturated heterocycles. The van der Waals surface area contributed by atoms with Crippen LogP contribution in [0.1, 0.15) is 19.8 Å². The Morgan fingerprint density at radius 1 is 1.24 bits per heavy atom. The summed E-state index contributed by atoms with van der Waals surface area (Å²) >= 11 is 0. The second-order valence-electron chi connectivity index (χ2n) is 6.64. The molecule has 2 heterocycles. The fraction of sp³-hybridized carbons (Fsp3) is 0.500. The quantitative estimate of drug-likeness (QED) is 0.715. The molecule has 2 amide bonds. The van der Waals surface area contributed by atoms with E-state index in [0.29, 0.717) is 25.9 Å². The second-order valence-corrected chi connectivity index (χ2v) is 8.42. The van der Waals surface area contributed by atoms with E-state index in [1.807, 2.05) is 24.3 Å². The summed E-state index contributed by atoms with van der Waals surface area (Å²) in [5.74, 6) is -0.377. The van der Waals surface area contributed by atoms with Gasteiger partial charge in [-0.25, -0.2) is 13.1 Å². The fourth-order valence-corrected chi connectivity index (χ4v) is 4.11. The van der Waals surface area contributed by atoms with Crippen LogP contribution in [0.25, 0.3) is 0 Å². The summed E-state index contributed by atoms with van der Waals surface area (Å²) in [6.45, 7) is 2.30. The Morgan fingerprint density at radius 3 is 2.44 bits per heavy atom. The number of fused-ring (bicyclic) bond motifs is 1. The van der Waals surface area contributed by atoms with Crippen molar-refractivity contribution in [2.75, 3.05) is 30.0 Å². The zero-order valence-corrected chi connectivity index (χ0v) is 15.0. The minimum atomic E-state index is -3.45. The van der Waals surface area contributed by atoms with E-state index in [0.717, 1.165) is 17.6 Å². The van der Waals surface area contributed by atoms with Crippen molar-refractivity contribution < 1.29 is 18.0 Å². The Labute approximate surface area is 147 Å². The van der Waals surface area contributed by atoms with Crippen LogP contribution >= 0.6 is 0 Å². The predicted molar refractivity (Wildman–Crippen MR) is 94.7 cm³/mol. The summed E-state index contributed by atoms with van der Waals surface area (Å²) in [7, 11) is -3.45. The number of nitrogens with zero attached hydrogens (tertiary/aromatic N) is 1. The van der Waals surface area contributed by atoms with Crippen molar-refractivity contribution in [3.05, 3.63) is 24.3 Å². The van der Waals surface area contributed by atoms with E-state index >= 15 is 0 Å². The van der Waals surface area contributed by atoms with Crippen LogP contribution in [0.2, 0.25) is 0 Å². The van der Waals surface area contributed by atoms with E-state index in [1.165, 1.54) is 6.92 Å². The number of nitrogens with one attached hydrogen (secondary N) is 3. The summed E-state index contributed by atoms with van der Waals surface area (Å²) in [4.78, 5) is 26.6. The largest absolute Gasteiger partial charge is 0.369 e. The van der Waals surface area contributed by atoms with Gasteiger partial charge in [0, 0.05) is 13.1 Å². The zero-order valence-electron chi connectivity index (χ0n) is 14.2. The van der Waals surface area contributed by atoms with Crippen molar-refractivity contribution in [2.24, 2.45) is 0 Å². The van der Waals surface area contributed by atoms with Crippen LogP contribution < -0.4 is 15.4 Å². The highest BCUT2D eigenvalue weighted by molar-refractivity contribution is 7.88. The Kier molecular flexibility index (Phi) is 4.46. The van der Waals surface area contributed by atoms with Gasteiger partial charge in [-0.1, -0.05) is 12.1 Å². The lowest BCUT2D eigenvalue weighted by atomic mass is 9.84. The molecular formula is C16H22N4O4S. The minimum absolute atomic E-state index is 0.0967. The lowest BCUT2D eigenvalue weighted by Crippen LogP contribution is -2.60. The average molecular weight is 366 g/mol. The molecule has 0 saturated carbocycles. The molecular weight excluding hydrogens is 344 g/mol. The summed E-state index contributed by atoms with van der Waals surface area (Å²) in [6, 6.07) is 6.68. The molecule has 2 aliphatic heterocycles. The van der Waals surface area contributed by atoms with Crippen molar-refractivity contribution in [3.8, 4) is 0 Å². The first-order valence-electron chi connectivity index (χ1n) is 8.15. The number of likely N-dealkylation sites (tertiary alicyclic amines) is 1. The molecule has 1 atom stereocenters. The third-order valence-electron chi connectivity index (χ3n) is 4.67. The van der Waals surface area contributed by atoms with Crippen molar-refractivity contribution >= 4 is 33.2 Å². The van der Waals surface area contributed by atoms with Crippen molar-refractivity contribution in [2.45, 2.75) is 31.3 Å². The van der Waals surface area contributed by atoms with Gasteiger partial charge < -0.3 is 15.5 Å². The van der Waals surface area contributed by atoms with Crippen LogP contribution in [-0.4, -0.2) is 56.1 Å². The molecule has 0 aliphatic carbocycles. The van der Waals surface area contributed by atoms with Crippen LogP contribution in [0.3, 0.4) is 0 Å². The maximum Gasteiger partial charge on any atom is 0.250 e. The van der Waals surface area contributed by atoms with E-state index < -0.39 is 21.6 Å². The van der Waals surface area contributed by atoms with E-state index in [9.17, 15) is 18.0 Å². The molecule has 1 aromatic rings. The maximum absolute atomic E-state index is 12.6. The lowest BCUT2D eigenvalue weighted by molar-refractivity contribution is -0.135. The van der Waals surface area contributed by atoms with E-state index in [1.54, 1.807) is 4.90 Å². The molecule has 0 bridgehead atoms. The van der Waals surface area contributed by atoms with Gasteiger partial charge in [-0.2, -0.15) is 0 Å². The standard InChI is InChI=1S/C16H22N4O4S/c1-11(19-25(2,23)24)14(21)20-9-7-16(8-10-20)15(22)17-12-5-3-4-6-13(12)18-16/h3-6,11,18-19H,7-10H2,1-2H3,(H,17,22). The number of carbonyl (C=O) groups excluding carboxylic acids is 2. The van der Waals surface area contributed by atoms with Crippen LogP contribution in [0.5, 0.6) is 0 Å². The molecule has 3 rings (SSSR count). The van der Waals surface area contributed by atoms with Gasteiger partial charge in [-0.15, -0.1) is 0 Å². The molecule has 1 aromatic carbocycles. The summed E-state index contributed by atoms with van der Waals surface area (Å²) in [5, 5.41) is 6.25. The van der Waals surface area contributed by atoms with Gasteiger partial charge in [0.05, 0.1) is 23.7 Å². The number of carbonyl (C=O) groups is 2. The molecule has 0 radical (unpaired) electrons. The molecule has 136 valence electrons. The number of sulfonamides is 1. The highest BCUT2D eigenvalue weighted by atomic mass is 32.2. The van der Waals surface area contributed by atoms with Crippen molar-refractivity contribution in [3.63, 3.8) is 0 Å². The first kappa shape index (κ1) is 17.7.